The summed E-state index contributed by atoms with van der Waals surface area (Å²) in [6.45, 7) is 6.00. The van der Waals surface area contributed by atoms with E-state index in [2.05, 4.69) is 5.32 Å². The molecule has 1 N–H and O–H groups in total. The van der Waals surface area contributed by atoms with Gasteiger partial charge in [-0.15, -0.1) is 0 Å². The first-order valence-electron chi connectivity index (χ1n) is 9.92. The highest BCUT2D eigenvalue weighted by Gasteiger charge is 2.26. The topological polar surface area (TPSA) is 58.6 Å². The molecule has 5 nitrogen and oxygen atoms in total. The third-order valence-corrected chi connectivity index (χ3v) is 5.08. The fourth-order valence-corrected chi connectivity index (χ4v) is 2.92. The van der Waals surface area contributed by atoms with E-state index in [1.54, 1.807) is 36.1 Å². The molecule has 0 aliphatic carbocycles. The minimum Gasteiger partial charge on any atom is -0.484 e. The number of halogens is 1. The molecule has 2 atom stereocenters. The minimum absolute atomic E-state index is 0.0568. The van der Waals surface area contributed by atoms with E-state index in [4.69, 9.17) is 16.3 Å². The molecule has 156 valence electrons. The van der Waals surface area contributed by atoms with Gasteiger partial charge in [0.2, 0.25) is 5.91 Å². The van der Waals surface area contributed by atoms with Crippen LogP contribution in [0.2, 0.25) is 5.02 Å². The molecule has 0 saturated carbocycles. The van der Waals surface area contributed by atoms with Crippen molar-refractivity contribution < 1.29 is 14.3 Å². The van der Waals surface area contributed by atoms with Gasteiger partial charge in [0.15, 0.2) is 6.61 Å². The predicted molar refractivity (Wildman–Crippen MR) is 116 cm³/mol. The summed E-state index contributed by atoms with van der Waals surface area (Å²) in [5, 5.41) is 3.56. The average molecular weight is 417 g/mol. The average Bonchev–Trinajstić information content (AvgIpc) is 2.73. The molecule has 0 unspecified atom stereocenters. The van der Waals surface area contributed by atoms with Gasteiger partial charge in [0.05, 0.1) is 0 Å². The van der Waals surface area contributed by atoms with Gasteiger partial charge in [-0.05, 0) is 56.5 Å². The largest absolute Gasteiger partial charge is 0.484 e. The second kappa shape index (κ2) is 11.5. The monoisotopic (exact) mass is 416 g/mol. The second-order valence-electron chi connectivity index (χ2n) is 7.06. The second-order valence-corrected chi connectivity index (χ2v) is 7.50. The van der Waals surface area contributed by atoms with Crippen LogP contribution in [0.15, 0.2) is 54.6 Å². The summed E-state index contributed by atoms with van der Waals surface area (Å²) < 4.78 is 5.61. The first-order valence-corrected chi connectivity index (χ1v) is 10.3. The lowest BCUT2D eigenvalue weighted by Gasteiger charge is -2.29. The molecule has 0 aromatic heterocycles. The van der Waals surface area contributed by atoms with Crippen molar-refractivity contribution in [2.45, 2.75) is 45.7 Å². The molecular formula is C23H29ClN2O3. The van der Waals surface area contributed by atoms with Crippen LogP contribution in [0.3, 0.4) is 0 Å². The summed E-state index contributed by atoms with van der Waals surface area (Å²) in [6.07, 6.45) is 1.49. The molecule has 0 aliphatic heterocycles. The number of nitrogens with zero attached hydrogens (tertiary/aromatic N) is 1. The zero-order valence-electron chi connectivity index (χ0n) is 17.2. The van der Waals surface area contributed by atoms with Crippen molar-refractivity contribution in [2.75, 3.05) is 13.2 Å². The number of benzene rings is 2. The molecule has 2 amide bonds. The molecule has 0 saturated heterocycles. The Morgan fingerprint density at radius 3 is 2.34 bits per heavy atom. The smallest absolute Gasteiger partial charge is 0.261 e. The Morgan fingerprint density at radius 2 is 1.72 bits per heavy atom. The summed E-state index contributed by atoms with van der Waals surface area (Å²) in [5.74, 6) is 0.164. The SMILES string of the molecule is CC[C@H](C)NC(=O)[C@@H](C)N(CCc1ccccc1)C(=O)COc1ccc(Cl)cc1. The lowest BCUT2D eigenvalue weighted by Crippen LogP contribution is -2.51. The van der Waals surface area contributed by atoms with Gasteiger partial charge in [-0.3, -0.25) is 9.59 Å². The van der Waals surface area contributed by atoms with Crippen LogP contribution in [0.1, 0.15) is 32.8 Å². The third kappa shape index (κ3) is 7.42. The van der Waals surface area contributed by atoms with Crippen LogP contribution in [0.5, 0.6) is 5.75 Å². The number of nitrogens with one attached hydrogen (secondary N) is 1. The number of amides is 2. The Morgan fingerprint density at radius 1 is 1.07 bits per heavy atom. The van der Waals surface area contributed by atoms with Gasteiger partial charge in [-0.1, -0.05) is 48.9 Å². The van der Waals surface area contributed by atoms with Crippen molar-refractivity contribution in [1.82, 2.24) is 10.2 Å². The van der Waals surface area contributed by atoms with E-state index in [-0.39, 0.29) is 24.5 Å². The maximum Gasteiger partial charge on any atom is 0.261 e. The van der Waals surface area contributed by atoms with E-state index in [1.165, 1.54) is 0 Å². The quantitative estimate of drug-likeness (QED) is 0.634. The summed E-state index contributed by atoms with van der Waals surface area (Å²) in [6, 6.07) is 16.2. The minimum atomic E-state index is -0.589. The van der Waals surface area contributed by atoms with Gasteiger partial charge < -0.3 is 15.0 Å². The van der Waals surface area contributed by atoms with Crippen LogP contribution in [0.4, 0.5) is 0 Å². The van der Waals surface area contributed by atoms with Crippen molar-refractivity contribution >= 4 is 23.4 Å². The van der Waals surface area contributed by atoms with Crippen LogP contribution in [-0.4, -0.2) is 41.9 Å². The van der Waals surface area contributed by atoms with Gasteiger partial charge in [0.25, 0.3) is 5.91 Å². The molecule has 0 radical (unpaired) electrons. The number of rotatable bonds is 10. The van der Waals surface area contributed by atoms with Crippen LogP contribution < -0.4 is 10.1 Å². The van der Waals surface area contributed by atoms with E-state index in [9.17, 15) is 9.59 Å². The third-order valence-electron chi connectivity index (χ3n) is 4.83. The maximum atomic E-state index is 12.9. The van der Waals surface area contributed by atoms with E-state index in [0.717, 1.165) is 12.0 Å². The van der Waals surface area contributed by atoms with Crippen molar-refractivity contribution in [1.29, 1.82) is 0 Å². The Hall–Kier alpha value is -2.53. The predicted octanol–water partition coefficient (Wildman–Crippen LogP) is 4.09. The first kappa shape index (κ1) is 22.8. The fourth-order valence-electron chi connectivity index (χ4n) is 2.79. The van der Waals surface area contributed by atoms with Gasteiger partial charge >= 0.3 is 0 Å². The molecule has 29 heavy (non-hydrogen) atoms. The summed E-state index contributed by atoms with van der Waals surface area (Å²) >= 11 is 5.88. The molecule has 2 rings (SSSR count). The number of carbonyl (C=O) groups excluding carboxylic acids is 2. The molecular weight excluding hydrogens is 388 g/mol. The van der Waals surface area contributed by atoms with Crippen molar-refractivity contribution in [2.24, 2.45) is 0 Å². The van der Waals surface area contributed by atoms with Crippen LogP contribution in [-0.2, 0) is 16.0 Å². The molecule has 0 fully saturated rings. The number of hydrogen-bond acceptors (Lipinski definition) is 3. The molecule has 6 heteroatoms. The molecule has 2 aromatic carbocycles. The first-order chi connectivity index (χ1) is 13.9. The number of hydrogen-bond donors (Lipinski definition) is 1. The highest BCUT2D eigenvalue weighted by molar-refractivity contribution is 6.30. The fraction of sp³-hybridized carbons (Fsp3) is 0.391. The molecule has 0 aliphatic rings. The van der Waals surface area contributed by atoms with E-state index in [1.807, 2.05) is 44.2 Å². The van der Waals surface area contributed by atoms with Gasteiger partial charge in [-0.25, -0.2) is 0 Å². The Balaban J connectivity index is 2.05. The number of carbonyl (C=O) groups is 2. The molecule has 0 spiro atoms. The normalized spacial score (nSPS) is 12.7. The summed E-state index contributed by atoms with van der Waals surface area (Å²) in [4.78, 5) is 27.1. The standard InChI is InChI=1S/C23H29ClN2O3/c1-4-17(2)25-23(28)18(3)26(15-14-19-8-6-5-7-9-19)22(27)16-29-21-12-10-20(24)11-13-21/h5-13,17-18H,4,14-16H2,1-3H3,(H,25,28)/t17-,18+/m0/s1. The highest BCUT2D eigenvalue weighted by Crippen LogP contribution is 2.16. The van der Waals surface area contributed by atoms with E-state index in [0.29, 0.717) is 23.7 Å². The van der Waals surface area contributed by atoms with Gasteiger partial charge in [-0.2, -0.15) is 0 Å². The van der Waals surface area contributed by atoms with E-state index < -0.39 is 6.04 Å². The zero-order chi connectivity index (χ0) is 21.2. The Bertz CT molecular complexity index is 780. The molecule has 0 heterocycles. The lowest BCUT2D eigenvalue weighted by atomic mass is 10.1. The summed E-state index contributed by atoms with van der Waals surface area (Å²) in [7, 11) is 0. The Labute approximate surface area is 178 Å². The lowest BCUT2D eigenvalue weighted by molar-refractivity contribution is -0.141. The van der Waals surface area contributed by atoms with Crippen molar-refractivity contribution in [3.8, 4) is 5.75 Å². The van der Waals surface area contributed by atoms with Gasteiger partial charge in [0.1, 0.15) is 11.8 Å². The van der Waals surface area contributed by atoms with Crippen LogP contribution >= 0.6 is 11.6 Å². The maximum absolute atomic E-state index is 12.9. The van der Waals surface area contributed by atoms with Crippen LogP contribution in [0, 0.1) is 0 Å². The Kier molecular flexibility index (Phi) is 9.00. The number of ether oxygens (including phenoxy) is 1. The zero-order valence-corrected chi connectivity index (χ0v) is 18.0. The summed E-state index contributed by atoms with van der Waals surface area (Å²) in [5.41, 5.74) is 1.11. The van der Waals surface area contributed by atoms with Crippen molar-refractivity contribution in [3.05, 3.63) is 65.2 Å². The van der Waals surface area contributed by atoms with E-state index >= 15 is 0 Å². The highest BCUT2D eigenvalue weighted by atomic mass is 35.5. The van der Waals surface area contributed by atoms with Gasteiger partial charge in [0, 0.05) is 17.6 Å². The molecule has 0 bridgehead atoms. The van der Waals surface area contributed by atoms with Crippen molar-refractivity contribution in [3.63, 3.8) is 0 Å². The van der Waals surface area contributed by atoms with Crippen LogP contribution in [0.25, 0.3) is 0 Å². The molecule has 2 aromatic rings.